The van der Waals surface area contributed by atoms with Crippen LogP contribution in [-0.2, 0) is 11.2 Å². The molecule has 100 valence electrons. The minimum Gasteiger partial charge on any atom is -0.493 e. The fourth-order valence-corrected chi connectivity index (χ4v) is 2.13. The van der Waals surface area contributed by atoms with Gasteiger partial charge in [-0.15, -0.1) is 0 Å². The summed E-state index contributed by atoms with van der Waals surface area (Å²) in [7, 11) is 0. The lowest BCUT2D eigenvalue weighted by Gasteiger charge is -2.04. The number of rotatable bonds is 7. The molecule has 0 atom stereocenters. The molecule has 0 saturated heterocycles. The van der Waals surface area contributed by atoms with Crippen molar-refractivity contribution in [2.75, 3.05) is 5.75 Å². The van der Waals surface area contributed by atoms with E-state index in [1.807, 2.05) is 6.92 Å². The number of H-pyrrole nitrogens is 1. The summed E-state index contributed by atoms with van der Waals surface area (Å²) < 4.78 is 0. The molecule has 0 amide bonds. The molecule has 18 heavy (non-hydrogen) atoms. The van der Waals surface area contributed by atoms with Gasteiger partial charge in [0.1, 0.15) is 0 Å². The molecule has 0 radical (unpaired) electrons. The van der Waals surface area contributed by atoms with E-state index in [2.05, 4.69) is 9.97 Å². The molecule has 7 heteroatoms. The summed E-state index contributed by atoms with van der Waals surface area (Å²) in [6, 6.07) is 0. The van der Waals surface area contributed by atoms with Crippen molar-refractivity contribution in [1.29, 1.82) is 0 Å². The van der Waals surface area contributed by atoms with Crippen LogP contribution in [0.5, 0.6) is 5.88 Å². The van der Waals surface area contributed by atoms with E-state index in [4.69, 9.17) is 5.11 Å². The van der Waals surface area contributed by atoms with Crippen LogP contribution in [0.15, 0.2) is 9.95 Å². The Morgan fingerprint density at radius 2 is 2.22 bits per heavy atom. The second-order valence-corrected chi connectivity index (χ2v) is 4.85. The highest BCUT2D eigenvalue weighted by atomic mass is 32.2. The summed E-state index contributed by atoms with van der Waals surface area (Å²) in [6.07, 6.45) is 2.20. The Morgan fingerprint density at radius 1 is 1.50 bits per heavy atom. The molecule has 0 spiro atoms. The SMILES string of the molecule is CCCCc1c(O)nc(SCCC(=O)O)[nH]c1=O. The van der Waals surface area contributed by atoms with Gasteiger partial charge in [0.15, 0.2) is 5.16 Å². The van der Waals surface area contributed by atoms with E-state index < -0.39 is 5.97 Å². The molecule has 0 unspecified atom stereocenters. The van der Waals surface area contributed by atoms with Crippen molar-refractivity contribution in [3.05, 3.63) is 15.9 Å². The average Bonchev–Trinajstić information content (AvgIpc) is 2.27. The summed E-state index contributed by atoms with van der Waals surface area (Å²) in [4.78, 5) is 28.4. The lowest BCUT2D eigenvalue weighted by atomic mass is 10.1. The maximum Gasteiger partial charge on any atom is 0.304 e. The van der Waals surface area contributed by atoms with Crippen molar-refractivity contribution in [1.82, 2.24) is 9.97 Å². The third kappa shape index (κ3) is 4.40. The Bertz CT molecular complexity index is 473. The normalized spacial score (nSPS) is 10.5. The van der Waals surface area contributed by atoms with Crippen molar-refractivity contribution in [2.24, 2.45) is 0 Å². The van der Waals surface area contributed by atoms with Crippen LogP contribution < -0.4 is 5.56 Å². The zero-order valence-corrected chi connectivity index (χ0v) is 10.9. The van der Waals surface area contributed by atoms with Crippen molar-refractivity contribution in [3.8, 4) is 5.88 Å². The molecule has 6 nitrogen and oxygen atoms in total. The number of thioether (sulfide) groups is 1. The van der Waals surface area contributed by atoms with Crippen LogP contribution in [0.1, 0.15) is 31.7 Å². The van der Waals surface area contributed by atoms with Gasteiger partial charge in [0.25, 0.3) is 5.56 Å². The Labute approximate surface area is 108 Å². The molecule has 0 bridgehead atoms. The summed E-state index contributed by atoms with van der Waals surface area (Å²) in [5.74, 6) is -0.870. The number of hydrogen-bond acceptors (Lipinski definition) is 5. The first-order valence-electron chi connectivity index (χ1n) is 5.71. The fourth-order valence-electron chi connectivity index (χ4n) is 1.35. The molecular formula is C11H16N2O4S. The third-order valence-electron chi connectivity index (χ3n) is 2.31. The fraction of sp³-hybridized carbons (Fsp3) is 0.545. The topological polar surface area (TPSA) is 103 Å². The summed E-state index contributed by atoms with van der Waals surface area (Å²) in [6.45, 7) is 1.99. The van der Waals surface area contributed by atoms with Crippen molar-refractivity contribution in [2.45, 2.75) is 37.8 Å². The van der Waals surface area contributed by atoms with Gasteiger partial charge >= 0.3 is 5.97 Å². The van der Waals surface area contributed by atoms with Crippen LogP contribution in [0.4, 0.5) is 0 Å². The highest BCUT2D eigenvalue weighted by Gasteiger charge is 2.10. The highest BCUT2D eigenvalue weighted by Crippen LogP contribution is 2.18. The van der Waals surface area contributed by atoms with Gasteiger partial charge in [0.2, 0.25) is 5.88 Å². The Morgan fingerprint density at radius 3 is 2.78 bits per heavy atom. The van der Waals surface area contributed by atoms with Gasteiger partial charge in [-0.05, 0) is 12.8 Å². The van der Waals surface area contributed by atoms with Gasteiger partial charge in [-0.2, -0.15) is 4.98 Å². The van der Waals surface area contributed by atoms with E-state index in [1.54, 1.807) is 0 Å². The quantitative estimate of drug-likeness (QED) is 0.512. The Kier molecular flexibility index (Phi) is 5.70. The first kappa shape index (κ1) is 14.6. The molecule has 1 aromatic heterocycles. The van der Waals surface area contributed by atoms with Crippen LogP contribution in [-0.4, -0.2) is 31.9 Å². The predicted octanol–water partition coefficient (Wildman–Crippen LogP) is 1.38. The molecule has 0 aliphatic heterocycles. The number of unbranched alkanes of at least 4 members (excludes halogenated alkanes) is 1. The van der Waals surface area contributed by atoms with Crippen LogP contribution in [0.2, 0.25) is 0 Å². The maximum absolute atomic E-state index is 11.7. The maximum atomic E-state index is 11.7. The number of aromatic hydroxyl groups is 1. The molecule has 1 aromatic rings. The average molecular weight is 272 g/mol. The molecule has 3 N–H and O–H groups in total. The molecule has 1 heterocycles. The molecule has 0 fully saturated rings. The lowest BCUT2D eigenvalue weighted by Crippen LogP contribution is -2.15. The summed E-state index contributed by atoms with van der Waals surface area (Å²) >= 11 is 1.10. The second kappa shape index (κ2) is 7.05. The van der Waals surface area contributed by atoms with E-state index >= 15 is 0 Å². The van der Waals surface area contributed by atoms with Crippen LogP contribution >= 0.6 is 11.8 Å². The first-order chi connectivity index (χ1) is 8.54. The van der Waals surface area contributed by atoms with Crippen LogP contribution in [0.3, 0.4) is 0 Å². The molecular weight excluding hydrogens is 256 g/mol. The van der Waals surface area contributed by atoms with Crippen LogP contribution in [0.25, 0.3) is 0 Å². The molecule has 0 aromatic carbocycles. The number of nitrogens with zero attached hydrogens (tertiary/aromatic N) is 1. The highest BCUT2D eigenvalue weighted by molar-refractivity contribution is 7.99. The van der Waals surface area contributed by atoms with Crippen molar-refractivity contribution >= 4 is 17.7 Å². The molecule has 1 rings (SSSR count). The monoisotopic (exact) mass is 272 g/mol. The number of carboxylic acid groups (broad SMARTS) is 1. The minimum atomic E-state index is -0.909. The van der Waals surface area contributed by atoms with Gasteiger partial charge in [0, 0.05) is 5.75 Å². The van der Waals surface area contributed by atoms with Gasteiger partial charge in [-0.3, -0.25) is 9.59 Å². The van der Waals surface area contributed by atoms with Gasteiger partial charge in [-0.25, -0.2) is 0 Å². The lowest BCUT2D eigenvalue weighted by molar-refractivity contribution is -0.136. The van der Waals surface area contributed by atoms with Gasteiger partial charge < -0.3 is 15.2 Å². The van der Waals surface area contributed by atoms with E-state index in [0.29, 0.717) is 17.7 Å². The van der Waals surface area contributed by atoms with Gasteiger partial charge in [-0.1, -0.05) is 25.1 Å². The summed E-state index contributed by atoms with van der Waals surface area (Å²) in [5.41, 5.74) is -0.0618. The van der Waals surface area contributed by atoms with Crippen molar-refractivity contribution in [3.63, 3.8) is 0 Å². The number of nitrogens with one attached hydrogen (secondary N) is 1. The third-order valence-corrected chi connectivity index (χ3v) is 3.18. The smallest absolute Gasteiger partial charge is 0.304 e. The zero-order chi connectivity index (χ0) is 13.5. The molecule has 0 aliphatic rings. The van der Waals surface area contributed by atoms with Crippen molar-refractivity contribution < 1.29 is 15.0 Å². The number of carbonyl (C=O) groups is 1. The standard InChI is InChI=1S/C11H16N2O4S/c1-2-3-4-7-9(16)12-11(13-10(7)17)18-6-5-8(14)15/h2-6H2,1H3,(H,14,15)(H2,12,13,16,17). The first-order valence-corrected chi connectivity index (χ1v) is 6.70. The molecule has 0 saturated carbocycles. The zero-order valence-electron chi connectivity index (χ0n) is 10.1. The van der Waals surface area contributed by atoms with E-state index in [9.17, 15) is 14.7 Å². The predicted molar refractivity (Wildman–Crippen MR) is 68.1 cm³/mol. The number of aliphatic carboxylic acids is 1. The Hall–Kier alpha value is -1.50. The van der Waals surface area contributed by atoms with Gasteiger partial charge in [0.05, 0.1) is 12.0 Å². The molecule has 0 aliphatic carbocycles. The largest absolute Gasteiger partial charge is 0.493 e. The number of carboxylic acids is 1. The second-order valence-electron chi connectivity index (χ2n) is 3.77. The van der Waals surface area contributed by atoms with E-state index in [-0.39, 0.29) is 23.0 Å². The van der Waals surface area contributed by atoms with Crippen LogP contribution in [0, 0.1) is 0 Å². The number of hydrogen-bond donors (Lipinski definition) is 3. The summed E-state index contributed by atoms with van der Waals surface area (Å²) in [5, 5.41) is 18.4. The Balaban J connectivity index is 2.73. The number of aromatic amines is 1. The number of aromatic nitrogens is 2. The van der Waals surface area contributed by atoms with E-state index in [1.165, 1.54) is 0 Å². The van der Waals surface area contributed by atoms with E-state index in [0.717, 1.165) is 24.6 Å². The minimum absolute atomic E-state index is 0.0211.